The third-order valence-electron chi connectivity index (χ3n) is 4.33. The second-order valence-electron chi connectivity index (χ2n) is 5.44. The largest absolute Gasteiger partial charge is 0.390 e. The lowest BCUT2D eigenvalue weighted by Crippen LogP contribution is -2.53. The molecular weight excluding hydrogens is 202 g/mol. The zero-order chi connectivity index (χ0) is 11.4. The zero-order valence-electron chi connectivity index (χ0n) is 10.5. The van der Waals surface area contributed by atoms with Crippen LogP contribution in [0.1, 0.15) is 38.5 Å². The molecule has 0 bridgehead atoms. The number of nitrogens with zero attached hydrogens (tertiary/aromatic N) is 1. The molecule has 94 valence electrons. The molecule has 1 heterocycles. The number of piperidine rings is 1. The smallest absolute Gasteiger partial charge is 0.0700 e. The van der Waals surface area contributed by atoms with Crippen molar-refractivity contribution in [3.8, 4) is 0 Å². The Kier molecular flexibility index (Phi) is 4.22. The lowest BCUT2D eigenvalue weighted by Gasteiger charge is -2.47. The number of hydrogen-bond donors (Lipinski definition) is 1. The van der Waals surface area contributed by atoms with Crippen LogP contribution in [0, 0.1) is 5.92 Å². The number of likely N-dealkylation sites (tertiary alicyclic amines) is 1. The monoisotopic (exact) mass is 227 g/mol. The van der Waals surface area contributed by atoms with Gasteiger partial charge < -0.3 is 14.7 Å². The van der Waals surface area contributed by atoms with Gasteiger partial charge in [0.05, 0.1) is 5.60 Å². The highest BCUT2D eigenvalue weighted by molar-refractivity contribution is 4.95. The summed E-state index contributed by atoms with van der Waals surface area (Å²) in [5, 5.41) is 10.5. The first-order chi connectivity index (χ1) is 7.74. The van der Waals surface area contributed by atoms with E-state index in [0.29, 0.717) is 5.92 Å². The van der Waals surface area contributed by atoms with E-state index in [1.54, 1.807) is 7.11 Å². The van der Waals surface area contributed by atoms with Crippen molar-refractivity contribution in [2.24, 2.45) is 5.92 Å². The number of ether oxygens (including phenoxy) is 1. The molecule has 0 aromatic heterocycles. The van der Waals surface area contributed by atoms with Gasteiger partial charge in [-0.25, -0.2) is 0 Å². The zero-order valence-corrected chi connectivity index (χ0v) is 10.5. The quantitative estimate of drug-likeness (QED) is 0.741. The molecule has 0 aromatic carbocycles. The van der Waals surface area contributed by atoms with Crippen molar-refractivity contribution in [3.63, 3.8) is 0 Å². The Morgan fingerprint density at radius 2 is 2.25 bits per heavy atom. The number of fused-ring (bicyclic) bond motifs is 1. The third kappa shape index (κ3) is 2.76. The van der Waals surface area contributed by atoms with Gasteiger partial charge in [0.1, 0.15) is 0 Å². The summed E-state index contributed by atoms with van der Waals surface area (Å²) in [5.41, 5.74) is -0.323. The van der Waals surface area contributed by atoms with Gasteiger partial charge >= 0.3 is 0 Å². The summed E-state index contributed by atoms with van der Waals surface area (Å²) < 4.78 is 5.08. The van der Waals surface area contributed by atoms with Crippen LogP contribution in [-0.4, -0.2) is 49.0 Å². The first kappa shape index (κ1) is 12.3. The molecule has 3 heteroatoms. The topological polar surface area (TPSA) is 32.7 Å². The minimum atomic E-state index is -0.323. The molecule has 1 saturated heterocycles. The van der Waals surface area contributed by atoms with E-state index in [-0.39, 0.29) is 5.60 Å². The van der Waals surface area contributed by atoms with Crippen LogP contribution in [0.15, 0.2) is 0 Å². The number of rotatable bonds is 4. The molecule has 0 spiro atoms. The van der Waals surface area contributed by atoms with Gasteiger partial charge in [-0.1, -0.05) is 12.8 Å². The van der Waals surface area contributed by atoms with Crippen molar-refractivity contribution < 1.29 is 9.84 Å². The van der Waals surface area contributed by atoms with E-state index in [4.69, 9.17) is 4.74 Å². The van der Waals surface area contributed by atoms with Crippen LogP contribution in [0.4, 0.5) is 0 Å². The van der Waals surface area contributed by atoms with Gasteiger partial charge in [0, 0.05) is 39.3 Å². The second-order valence-corrected chi connectivity index (χ2v) is 5.44. The molecule has 1 aliphatic carbocycles. The van der Waals surface area contributed by atoms with Crippen molar-refractivity contribution in [3.05, 3.63) is 0 Å². The normalized spacial score (nSPS) is 36.0. The first-order valence-corrected chi connectivity index (χ1v) is 6.68. The van der Waals surface area contributed by atoms with Gasteiger partial charge in [-0.15, -0.1) is 0 Å². The summed E-state index contributed by atoms with van der Waals surface area (Å²) in [6.45, 7) is 4.14. The van der Waals surface area contributed by atoms with Crippen molar-refractivity contribution in [1.29, 1.82) is 0 Å². The Balaban J connectivity index is 1.80. The maximum absolute atomic E-state index is 10.5. The summed E-state index contributed by atoms with van der Waals surface area (Å²) in [4.78, 5) is 2.50. The molecule has 2 aliphatic rings. The van der Waals surface area contributed by atoms with Crippen LogP contribution >= 0.6 is 0 Å². The van der Waals surface area contributed by atoms with Gasteiger partial charge in [-0.2, -0.15) is 0 Å². The van der Waals surface area contributed by atoms with E-state index in [1.165, 1.54) is 19.3 Å². The molecule has 0 aromatic rings. The highest BCUT2D eigenvalue weighted by Crippen LogP contribution is 2.39. The molecular formula is C13H25NO2. The van der Waals surface area contributed by atoms with Crippen LogP contribution < -0.4 is 0 Å². The summed E-state index contributed by atoms with van der Waals surface area (Å²) in [7, 11) is 1.76. The fourth-order valence-corrected chi connectivity index (χ4v) is 3.28. The molecule has 2 rings (SSSR count). The minimum absolute atomic E-state index is 0.323. The summed E-state index contributed by atoms with van der Waals surface area (Å²) in [5.74, 6) is 0.526. The standard InChI is InChI=1S/C13H25NO2/c1-16-10-4-8-14-9-7-13(15)6-3-2-5-12(13)11-14/h12,15H,2-11H2,1H3. The predicted molar refractivity (Wildman–Crippen MR) is 64.5 cm³/mol. The average molecular weight is 227 g/mol. The maximum atomic E-state index is 10.5. The van der Waals surface area contributed by atoms with Gasteiger partial charge in [-0.3, -0.25) is 0 Å². The molecule has 1 saturated carbocycles. The SMILES string of the molecule is COCCCN1CCC2(O)CCCCC2C1. The molecule has 2 unspecified atom stereocenters. The molecule has 1 aliphatic heterocycles. The van der Waals surface area contributed by atoms with E-state index >= 15 is 0 Å². The summed E-state index contributed by atoms with van der Waals surface area (Å²) in [6.07, 6.45) is 6.86. The lowest BCUT2D eigenvalue weighted by atomic mass is 9.71. The fourth-order valence-electron chi connectivity index (χ4n) is 3.28. The van der Waals surface area contributed by atoms with Crippen LogP contribution in [0.2, 0.25) is 0 Å². The predicted octanol–water partition coefficient (Wildman–Crippen LogP) is 1.65. The molecule has 0 radical (unpaired) electrons. The molecule has 0 amide bonds. The third-order valence-corrected chi connectivity index (χ3v) is 4.33. The molecule has 1 N–H and O–H groups in total. The molecule has 2 fully saturated rings. The first-order valence-electron chi connectivity index (χ1n) is 6.68. The number of methoxy groups -OCH3 is 1. The van der Waals surface area contributed by atoms with Crippen LogP contribution in [0.3, 0.4) is 0 Å². The number of aliphatic hydroxyl groups is 1. The van der Waals surface area contributed by atoms with E-state index in [1.807, 2.05) is 0 Å². The lowest BCUT2D eigenvalue weighted by molar-refractivity contribution is -0.0957. The Labute approximate surface area is 98.8 Å². The van der Waals surface area contributed by atoms with Gasteiger partial charge in [0.2, 0.25) is 0 Å². The van der Waals surface area contributed by atoms with E-state index in [0.717, 1.165) is 45.5 Å². The highest BCUT2D eigenvalue weighted by atomic mass is 16.5. The van der Waals surface area contributed by atoms with E-state index in [2.05, 4.69) is 4.90 Å². The van der Waals surface area contributed by atoms with Crippen molar-refractivity contribution in [1.82, 2.24) is 4.90 Å². The summed E-state index contributed by atoms with van der Waals surface area (Å²) >= 11 is 0. The Bertz CT molecular complexity index is 222. The van der Waals surface area contributed by atoms with Crippen molar-refractivity contribution in [2.45, 2.75) is 44.1 Å². The second kappa shape index (κ2) is 5.48. The van der Waals surface area contributed by atoms with Crippen LogP contribution in [-0.2, 0) is 4.74 Å². The average Bonchev–Trinajstić information content (AvgIpc) is 2.29. The Hall–Kier alpha value is -0.120. The van der Waals surface area contributed by atoms with E-state index < -0.39 is 0 Å². The van der Waals surface area contributed by atoms with E-state index in [9.17, 15) is 5.11 Å². The molecule has 16 heavy (non-hydrogen) atoms. The fraction of sp³-hybridized carbons (Fsp3) is 1.00. The van der Waals surface area contributed by atoms with Crippen LogP contribution in [0.5, 0.6) is 0 Å². The minimum Gasteiger partial charge on any atom is -0.390 e. The van der Waals surface area contributed by atoms with Gasteiger partial charge in [-0.05, 0) is 25.7 Å². The van der Waals surface area contributed by atoms with Gasteiger partial charge in [0.15, 0.2) is 0 Å². The Morgan fingerprint density at radius 3 is 3.06 bits per heavy atom. The van der Waals surface area contributed by atoms with Crippen molar-refractivity contribution >= 4 is 0 Å². The molecule has 3 nitrogen and oxygen atoms in total. The highest BCUT2D eigenvalue weighted by Gasteiger charge is 2.42. The van der Waals surface area contributed by atoms with Crippen LogP contribution in [0.25, 0.3) is 0 Å². The Morgan fingerprint density at radius 1 is 1.38 bits per heavy atom. The molecule has 2 atom stereocenters. The van der Waals surface area contributed by atoms with Gasteiger partial charge in [0.25, 0.3) is 0 Å². The summed E-state index contributed by atoms with van der Waals surface area (Å²) in [6, 6.07) is 0. The number of hydrogen-bond acceptors (Lipinski definition) is 3. The maximum Gasteiger partial charge on any atom is 0.0700 e. The van der Waals surface area contributed by atoms with Crippen molar-refractivity contribution in [2.75, 3.05) is 33.4 Å².